The fraction of sp³-hybridized carbons (Fsp3) is 0.870. The highest BCUT2D eigenvalue weighted by Crippen LogP contribution is 2.18. The third-order valence-corrected chi connectivity index (χ3v) is 15.7. The first-order valence-corrected chi connectivity index (χ1v) is 33.5. The number of nitrogens with one attached hydrogen (secondary N) is 1. The van der Waals surface area contributed by atoms with E-state index in [1.165, 1.54) is 270 Å². The van der Waals surface area contributed by atoms with E-state index in [1.54, 1.807) is 0 Å². The molecule has 0 radical (unpaired) electrons. The Balaban J connectivity index is 3.63. The predicted octanol–water partition coefficient (Wildman–Crippen LogP) is 20.5. The normalized spacial score (nSPS) is 13.8. The maximum atomic E-state index is 12.6. The summed E-state index contributed by atoms with van der Waals surface area (Å²) in [6.45, 7) is 4.08. The summed E-state index contributed by atoms with van der Waals surface area (Å²) >= 11 is 0. The van der Waals surface area contributed by atoms with Crippen LogP contribution in [0.1, 0.15) is 354 Å². The largest absolute Gasteiger partial charge is 0.394 e. The van der Waals surface area contributed by atoms with Crippen molar-refractivity contribution in [1.82, 2.24) is 5.32 Å². The molecule has 0 heterocycles. The van der Waals surface area contributed by atoms with Gasteiger partial charge in [-0.3, -0.25) is 4.79 Å². The number of hydrogen-bond donors (Lipinski definition) is 5. The van der Waals surface area contributed by atoms with E-state index in [2.05, 4.69) is 67.8 Å². The molecule has 0 saturated carbocycles. The lowest BCUT2D eigenvalue weighted by molar-refractivity contribution is -0.132. The molecule has 0 fully saturated rings. The van der Waals surface area contributed by atoms with Gasteiger partial charge in [-0.2, -0.15) is 0 Å². The lowest BCUT2D eigenvalue weighted by Crippen LogP contribution is -2.53. The molecule has 0 rings (SSSR count). The quantitative estimate of drug-likeness (QED) is 0.0308. The Kier molecular flexibility index (Phi) is 61.6. The van der Waals surface area contributed by atoms with Gasteiger partial charge in [0.1, 0.15) is 12.2 Å². The second-order valence-corrected chi connectivity index (χ2v) is 23.1. The van der Waals surface area contributed by atoms with Crippen LogP contribution in [0.15, 0.2) is 48.6 Å². The summed E-state index contributed by atoms with van der Waals surface area (Å²) in [5, 5.41) is 44.1. The van der Waals surface area contributed by atoms with Gasteiger partial charge in [-0.25, -0.2) is 0 Å². The first-order chi connectivity index (χ1) is 37.0. The third kappa shape index (κ3) is 56.8. The molecule has 4 unspecified atom stereocenters. The molecule has 0 aromatic rings. The summed E-state index contributed by atoms with van der Waals surface area (Å²) in [5.74, 6) is -0.595. The molecule has 1 amide bonds. The number of rotatable bonds is 62. The molecule has 0 aromatic carbocycles. The highest BCUT2D eigenvalue weighted by atomic mass is 16.3. The summed E-state index contributed by atoms with van der Waals surface area (Å²) in [5.41, 5.74) is 0. The monoisotopic (exact) mass is 1050 g/mol. The topological polar surface area (TPSA) is 110 Å². The second-order valence-electron chi connectivity index (χ2n) is 23.1. The van der Waals surface area contributed by atoms with Crippen LogP contribution in [0.5, 0.6) is 0 Å². The minimum absolute atomic E-state index is 0.359. The molecule has 4 atom stereocenters. The number of carbonyl (C=O) groups is 1. The Labute approximate surface area is 468 Å². The van der Waals surface area contributed by atoms with E-state index in [-0.39, 0.29) is 0 Å². The van der Waals surface area contributed by atoms with Gasteiger partial charge in [0, 0.05) is 0 Å². The number of hydrogen-bond acceptors (Lipinski definition) is 5. The van der Waals surface area contributed by atoms with Gasteiger partial charge in [0.15, 0.2) is 0 Å². The molecule has 6 nitrogen and oxygen atoms in total. The summed E-state index contributed by atoms with van der Waals surface area (Å²) in [6, 6.07) is -1.01. The van der Waals surface area contributed by atoms with Crippen LogP contribution in [-0.4, -0.2) is 57.3 Å². The van der Waals surface area contributed by atoms with E-state index < -0.39 is 36.9 Å². The van der Waals surface area contributed by atoms with Crippen LogP contribution in [0, 0.1) is 0 Å². The van der Waals surface area contributed by atoms with Crippen molar-refractivity contribution >= 4 is 5.91 Å². The molecule has 0 aliphatic heterocycles. The van der Waals surface area contributed by atoms with E-state index >= 15 is 0 Å². The number of allylic oxidation sites excluding steroid dienone is 8. The van der Waals surface area contributed by atoms with Crippen LogP contribution in [0.2, 0.25) is 0 Å². The predicted molar refractivity (Wildman–Crippen MR) is 330 cm³/mol. The first kappa shape index (κ1) is 73.3. The van der Waals surface area contributed by atoms with Crippen molar-refractivity contribution in [2.45, 2.75) is 379 Å². The van der Waals surface area contributed by atoms with E-state index in [9.17, 15) is 25.2 Å². The van der Waals surface area contributed by atoms with Gasteiger partial charge < -0.3 is 25.7 Å². The zero-order chi connectivity index (χ0) is 54.4. The third-order valence-electron chi connectivity index (χ3n) is 15.7. The second kappa shape index (κ2) is 63.1. The zero-order valence-electron chi connectivity index (χ0n) is 50.3. The van der Waals surface area contributed by atoms with Crippen molar-refractivity contribution in [1.29, 1.82) is 0 Å². The molecule has 75 heavy (non-hydrogen) atoms. The maximum Gasteiger partial charge on any atom is 0.249 e. The minimum atomic E-state index is -1.30. The number of amides is 1. The lowest BCUT2D eigenvalue weighted by atomic mass is 10.00. The molecule has 0 aliphatic rings. The Hall–Kier alpha value is -1.73. The van der Waals surface area contributed by atoms with Crippen LogP contribution >= 0.6 is 0 Å². The van der Waals surface area contributed by atoms with Crippen molar-refractivity contribution in [3.63, 3.8) is 0 Å². The van der Waals surface area contributed by atoms with Crippen molar-refractivity contribution in [3.8, 4) is 0 Å². The van der Waals surface area contributed by atoms with E-state index in [0.717, 1.165) is 51.4 Å². The highest BCUT2D eigenvalue weighted by Gasteiger charge is 2.28. The van der Waals surface area contributed by atoms with Crippen LogP contribution < -0.4 is 5.32 Å². The van der Waals surface area contributed by atoms with Gasteiger partial charge in [0.05, 0.1) is 18.8 Å². The maximum absolute atomic E-state index is 12.6. The number of carbonyl (C=O) groups excluding carboxylic acids is 1. The fourth-order valence-corrected chi connectivity index (χ4v) is 10.5. The standard InChI is InChI=1S/C69H131NO5/c1-3-5-7-9-11-13-15-17-19-21-23-25-27-29-31-33-34-35-37-39-41-43-45-47-49-51-53-55-57-59-61-63-67(73)69(75)70-65(64-71)68(74)66(72)62-60-58-56-54-52-50-48-46-44-42-40-38-36-32-30-28-26-24-22-20-18-16-14-12-10-8-6-4-2/h29,31,38,40,46,48,54,56,65-68,71-74H,3-28,30,32-37,39,41-45,47,49-53,55,57-64H2,1-2H3,(H,70,75)/b31-29-,40-38+,48-46+,56-54+. The van der Waals surface area contributed by atoms with Gasteiger partial charge in [-0.1, -0.05) is 313 Å². The van der Waals surface area contributed by atoms with Crippen LogP contribution in [-0.2, 0) is 4.79 Å². The van der Waals surface area contributed by atoms with Crippen LogP contribution in [0.4, 0.5) is 0 Å². The number of aliphatic hydroxyl groups is 4. The SMILES string of the molecule is CCCCCCCCCCCCCC/C=C\CCCCCCCCCCCCCCCCCC(O)C(=O)NC(CO)C(O)C(O)CCC/C=C/CC/C=C/CC/C=C/CCCCCCCCCCCCCCCCC. The average molecular weight is 1050 g/mol. The summed E-state index contributed by atoms with van der Waals surface area (Å²) in [7, 11) is 0. The average Bonchev–Trinajstić information content (AvgIpc) is 3.42. The Morgan fingerprint density at radius 2 is 0.560 bits per heavy atom. The molecule has 0 spiro atoms. The lowest BCUT2D eigenvalue weighted by Gasteiger charge is -2.27. The minimum Gasteiger partial charge on any atom is -0.394 e. The molecule has 5 N–H and O–H groups in total. The Bertz CT molecular complexity index is 1230. The van der Waals surface area contributed by atoms with Gasteiger partial charge in [-0.15, -0.1) is 0 Å². The Morgan fingerprint density at radius 3 is 0.840 bits per heavy atom. The van der Waals surface area contributed by atoms with Gasteiger partial charge in [0.2, 0.25) is 5.91 Å². The summed E-state index contributed by atoms with van der Waals surface area (Å²) < 4.78 is 0. The molecule has 6 heteroatoms. The summed E-state index contributed by atoms with van der Waals surface area (Å²) in [4.78, 5) is 12.6. The highest BCUT2D eigenvalue weighted by molar-refractivity contribution is 5.80. The molecule has 0 aliphatic carbocycles. The molecular formula is C69H131NO5. The zero-order valence-corrected chi connectivity index (χ0v) is 50.3. The van der Waals surface area contributed by atoms with Gasteiger partial charge in [0.25, 0.3) is 0 Å². The van der Waals surface area contributed by atoms with Gasteiger partial charge >= 0.3 is 0 Å². The van der Waals surface area contributed by atoms with Crippen LogP contribution in [0.25, 0.3) is 0 Å². The molecule has 0 aromatic heterocycles. The molecular weight excluding hydrogens is 923 g/mol. The Morgan fingerprint density at radius 1 is 0.320 bits per heavy atom. The van der Waals surface area contributed by atoms with Gasteiger partial charge in [-0.05, 0) is 89.9 Å². The van der Waals surface area contributed by atoms with Crippen molar-refractivity contribution in [2.24, 2.45) is 0 Å². The smallest absolute Gasteiger partial charge is 0.249 e. The van der Waals surface area contributed by atoms with E-state index in [0.29, 0.717) is 19.3 Å². The number of aliphatic hydroxyl groups excluding tert-OH is 4. The van der Waals surface area contributed by atoms with Crippen LogP contribution in [0.3, 0.4) is 0 Å². The molecule has 0 saturated heterocycles. The van der Waals surface area contributed by atoms with Crippen molar-refractivity contribution in [2.75, 3.05) is 6.61 Å². The molecule has 0 bridgehead atoms. The summed E-state index contributed by atoms with van der Waals surface area (Å²) in [6.07, 6.45) is 82.3. The van der Waals surface area contributed by atoms with Crippen molar-refractivity contribution in [3.05, 3.63) is 48.6 Å². The first-order valence-electron chi connectivity index (χ1n) is 33.5. The van der Waals surface area contributed by atoms with Crippen molar-refractivity contribution < 1.29 is 25.2 Å². The van der Waals surface area contributed by atoms with E-state index in [1.807, 2.05) is 0 Å². The van der Waals surface area contributed by atoms with E-state index in [4.69, 9.17) is 0 Å². The fourth-order valence-electron chi connectivity index (χ4n) is 10.5. The molecule has 442 valence electrons. The number of unbranched alkanes of at least 4 members (excludes halogenated alkanes) is 45.